The Morgan fingerprint density at radius 3 is 3.00 bits per heavy atom. The number of hydrogen-bond donors (Lipinski definition) is 0. The van der Waals surface area contributed by atoms with Gasteiger partial charge in [0.2, 0.25) is 5.89 Å². The lowest BCUT2D eigenvalue weighted by Gasteiger charge is -1.86. The molecule has 0 aliphatic heterocycles. The second-order valence-electron chi connectivity index (χ2n) is 1.84. The van der Waals surface area contributed by atoms with Crippen molar-refractivity contribution in [3.8, 4) is 6.07 Å². The second-order valence-corrected chi connectivity index (χ2v) is 2.89. The van der Waals surface area contributed by atoms with E-state index in [9.17, 15) is 0 Å². The minimum Gasteiger partial charge on any atom is -0.416 e. The second kappa shape index (κ2) is 3.98. The lowest BCUT2D eigenvalue weighted by Crippen LogP contribution is -1.76. The first kappa shape index (κ1) is 8.08. The molecule has 5 heteroatoms. The van der Waals surface area contributed by atoms with Crippen LogP contribution in [-0.4, -0.2) is 16.0 Å². The molecule has 11 heavy (non-hydrogen) atoms. The van der Waals surface area contributed by atoms with Crippen molar-refractivity contribution in [2.45, 2.75) is 18.6 Å². The van der Waals surface area contributed by atoms with Crippen molar-refractivity contribution in [1.29, 1.82) is 5.26 Å². The smallest absolute Gasteiger partial charge is 0.276 e. The van der Waals surface area contributed by atoms with Gasteiger partial charge in [0, 0.05) is 19.1 Å². The molecule has 1 aromatic heterocycles. The predicted molar refractivity (Wildman–Crippen MR) is 40.0 cm³/mol. The Hall–Kier alpha value is -1.02. The number of hydrogen-bond acceptors (Lipinski definition) is 5. The summed E-state index contributed by atoms with van der Waals surface area (Å²) in [6.45, 7) is 1.74. The van der Waals surface area contributed by atoms with Crippen LogP contribution in [0.5, 0.6) is 0 Å². The largest absolute Gasteiger partial charge is 0.416 e. The summed E-state index contributed by atoms with van der Waals surface area (Å²) in [6, 6.07) is 2.03. The molecular weight excluding hydrogens is 162 g/mol. The number of nitrogens with zero attached hydrogens (tertiary/aromatic N) is 3. The Morgan fingerprint density at radius 1 is 1.64 bits per heavy atom. The van der Waals surface area contributed by atoms with Gasteiger partial charge >= 0.3 is 0 Å². The van der Waals surface area contributed by atoms with Gasteiger partial charge in [-0.25, -0.2) is 0 Å². The molecule has 0 N–H and O–H groups in total. The SMILES string of the molecule is Cc1nnc(SCCC#N)o1. The summed E-state index contributed by atoms with van der Waals surface area (Å²) in [5.74, 6) is 1.27. The molecule has 0 amide bonds. The molecule has 4 nitrogen and oxygen atoms in total. The molecule has 0 spiro atoms. The summed E-state index contributed by atoms with van der Waals surface area (Å²) in [5, 5.41) is 16.2. The molecule has 0 aliphatic rings. The number of thioether (sulfide) groups is 1. The van der Waals surface area contributed by atoms with Crippen molar-refractivity contribution >= 4 is 11.8 Å². The van der Waals surface area contributed by atoms with Crippen molar-refractivity contribution < 1.29 is 4.42 Å². The average Bonchev–Trinajstić information content (AvgIpc) is 2.37. The summed E-state index contributed by atoms with van der Waals surface area (Å²) in [5.41, 5.74) is 0. The van der Waals surface area contributed by atoms with Crippen LogP contribution in [0.15, 0.2) is 9.64 Å². The third kappa shape index (κ3) is 2.60. The van der Waals surface area contributed by atoms with E-state index in [4.69, 9.17) is 9.68 Å². The van der Waals surface area contributed by atoms with E-state index in [-0.39, 0.29) is 0 Å². The van der Waals surface area contributed by atoms with Gasteiger partial charge in [0.05, 0.1) is 6.07 Å². The van der Waals surface area contributed by atoms with E-state index in [0.29, 0.717) is 23.3 Å². The highest BCUT2D eigenvalue weighted by molar-refractivity contribution is 7.99. The molecule has 0 atom stereocenters. The maximum Gasteiger partial charge on any atom is 0.276 e. The van der Waals surface area contributed by atoms with E-state index in [1.54, 1.807) is 6.92 Å². The standard InChI is InChI=1S/C6H7N3OS/c1-5-8-9-6(10-5)11-4-2-3-7/h2,4H2,1H3. The van der Waals surface area contributed by atoms with Crippen molar-refractivity contribution in [2.75, 3.05) is 5.75 Å². The minimum atomic E-state index is 0.506. The van der Waals surface area contributed by atoms with Crippen LogP contribution < -0.4 is 0 Å². The fourth-order valence-corrected chi connectivity index (χ4v) is 1.17. The average molecular weight is 169 g/mol. The predicted octanol–water partition coefficient (Wildman–Crippen LogP) is 1.38. The number of aryl methyl sites for hydroxylation is 1. The Labute approximate surface area is 68.6 Å². The third-order valence-corrected chi connectivity index (χ3v) is 1.77. The minimum absolute atomic E-state index is 0.506. The van der Waals surface area contributed by atoms with E-state index >= 15 is 0 Å². The highest BCUT2D eigenvalue weighted by Crippen LogP contribution is 2.15. The van der Waals surface area contributed by atoms with E-state index in [1.807, 2.05) is 6.07 Å². The van der Waals surface area contributed by atoms with Gasteiger partial charge < -0.3 is 4.42 Å². The van der Waals surface area contributed by atoms with Gasteiger partial charge in [-0.2, -0.15) is 5.26 Å². The molecule has 58 valence electrons. The molecule has 1 rings (SSSR count). The maximum absolute atomic E-state index is 8.22. The first-order valence-electron chi connectivity index (χ1n) is 3.13. The van der Waals surface area contributed by atoms with Crippen molar-refractivity contribution in [3.63, 3.8) is 0 Å². The lowest BCUT2D eigenvalue weighted by atomic mass is 10.6. The van der Waals surface area contributed by atoms with Gasteiger partial charge in [-0.15, -0.1) is 10.2 Å². The fourth-order valence-electron chi connectivity index (χ4n) is 0.521. The van der Waals surface area contributed by atoms with Gasteiger partial charge in [-0.05, 0) is 0 Å². The quantitative estimate of drug-likeness (QED) is 0.505. The Kier molecular flexibility index (Phi) is 2.93. The van der Waals surface area contributed by atoms with Gasteiger partial charge in [0.15, 0.2) is 0 Å². The molecule has 0 aliphatic carbocycles. The van der Waals surface area contributed by atoms with Crippen LogP contribution in [0, 0.1) is 18.3 Å². The zero-order valence-electron chi connectivity index (χ0n) is 6.07. The van der Waals surface area contributed by atoms with Crippen molar-refractivity contribution in [2.24, 2.45) is 0 Å². The monoisotopic (exact) mass is 169 g/mol. The first-order valence-corrected chi connectivity index (χ1v) is 4.11. The number of rotatable bonds is 3. The van der Waals surface area contributed by atoms with Crippen LogP contribution in [0.2, 0.25) is 0 Å². The van der Waals surface area contributed by atoms with Crippen LogP contribution in [-0.2, 0) is 0 Å². The summed E-state index contributed by atoms with van der Waals surface area (Å²) >= 11 is 1.40. The Morgan fingerprint density at radius 2 is 2.45 bits per heavy atom. The molecule has 0 unspecified atom stereocenters. The third-order valence-electron chi connectivity index (χ3n) is 0.947. The normalized spacial score (nSPS) is 9.45. The number of aromatic nitrogens is 2. The molecular formula is C6H7N3OS. The van der Waals surface area contributed by atoms with Crippen molar-refractivity contribution in [1.82, 2.24) is 10.2 Å². The summed E-state index contributed by atoms with van der Waals surface area (Å²) in [7, 11) is 0. The molecule has 0 fully saturated rings. The molecule has 0 aromatic carbocycles. The number of nitriles is 1. The van der Waals surface area contributed by atoms with Gasteiger partial charge in [-0.1, -0.05) is 11.8 Å². The zero-order valence-corrected chi connectivity index (χ0v) is 6.89. The van der Waals surface area contributed by atoms with E-state index in [1.165, 1.54) is 11.8 Å². The Balaban J connectivity index is 2.34. The zero-order chi connectivity index (χ0) is 8.10. The molecule has 0 bridgehead atoms. The van der Waals surface area contributed by atoms with Crippen molar-refractivity contribution in [3.05, 3.63) is 5.89 Å². The summed E-state index contributed by atoms with van der Waals surface area (Å²) in [4.78, 5) is 0. The van der Waals surface area contributed by atoms with Crippen LogP contribution >= 0.6 is 11.8 Å². The molecule has 0 radical (unpaired) electrons. The molecule has 0 saturated heterocycles. The fraction of sp³-hybridized carbons (Fsp3) is 0.500. The topological polar surface area (TPSA) is 62.7 Å². The van der Waals surface area contributed by atoms with Gasteiger partial charge in [-0.3, -0.25) is 0 Å². The van der Waals surface area contributed by atoms with Gasteiger partial charge in [0.1, 0.15) is 0 Å². The summed E-state index contributed by atoms with van der Waals surface area (Å²) < 4.78 is 5.06. The molecule has 1 aromatic rings. The van der Waals surface area contributed by atoms with Crippen LogP contribution in [0.25, 0.3) is 0 Å². The molecule has 0 saturated carbocycles. The van der Waals surface area contributed by atoms with Crippen LogP contribution in [0.4, 0.5) is 0 Å². The Bertz CT molecular complexity index is 265. The van der Waals surface area contributed by atoms with E-state index in [2.05, 4.69) is 10.2 Å². The highest BCUT2D eigenvalue weighted by atomic mass is 32.2. The van der Waals surface area contributed by atoms with E-state index in [0.717, 1.165) is 0 Å². The highest BCUT2D eigenvalue weighted by Gasteiger charge is 2.00. The molecule has 1 heterocycles. The van der Waals surface area contributed by atoms with E-state index < -0.39 is 0 Å². The summed E-state index contributed by atoms with van der Waals surface area (Å²) in [6.07, 6.45) is 0.506. The maximum atomic E-state index is 8.22. The lowest BCUT2D eigenvalue weighted by molar-refractivity contribution is 0.429. The van der Waals surface area contributed by atoms with Crippen LogP contribution in [0.1, 0.15) is 12.3 Å². The first-order chi connectivity index (χ1) is 5.33. The van der Waals surface area contributed by atoms with Gasteiger partial charge in [0.25, 0.3) is 5.22 Å². The van der Waals surface area contributed by atoms with Crippen LogP contribution in [0.3, 0.4) is 0 Å².